The largest absolute Gasteiger partial charge is 0.301 e. The molecule has 1 heterocycles. The fourth-order valence-electron chi connectivity index (χ4n) is 2.94. The first-order valence-corrected chi connectivity index (χ1v) is 8.09. The van der Waals surface area contributed by atoms with Crippen molar-refractivity contribution in [3.8, 4) is 0 Å². The van der Waals surface area contributed by atoms with Gasteiger partial charge in [-0.2, -0.15) is 0 Å². The maximum atomic E-state index is 12.3. The lowest BCUT2D eigenvalue weighted by molar-refractivity contribution is -0.134. The predicted octanol–water partition coefficient (Wildman–Crippen LogP) is 1.45. The predicted molar refractivity (Wildman–Crippen MR) is 70.4 cm³/mol. The number of rotatable bonds is 2. The summed E-state index contributed by atoms with van der Waals surface area (Å²) >= 11 is 0. The zero-order chi connectivity index (χ0) is 12.5. The molecule has 2 fully saturated rings. The first kappa shape index (κ1) is 13.2. The summed E-state index contributed by atoms with van der Waals surface area (Å²) in [6.45, 7) is 6.84. The molecule has 1 saturated heterocycles. The van der Waals surface area contributed by atoms with Gasteiger partial charge < -0.3 is 4.90 Å². The van der Waals surface area contributed by atoms with E-state index in [0.29, 0.717) is 5.78 Å². The van der Waals surface area contributed by atoms with Gasteiger partial charge in [0.2, 0.25) is 0 Å². The van der Waals surface area contributed by atoms with Gasteiger partial charge in [-0.05, 0) is 12.8 Å². The summed E-state index contributed by atoms with van der Waals surface area (Å²) in [6, 6.07) is 0. The second-order valence-corrected chi connectivity index (χ2v) is 7.68. The number of carbonyl (C=O) groups excluding carboxylic acids is 1. The third kappa shape index (κ3) is 3.16. The first-order chi connectivity index (χ1) is 7.99. The molecule has 0 amide bonds. The highest BCUT2D eigenvalue weighted by atomic mass is 32.2. The molecule has 0 bridgehead atoms. The Morgan fingerprint density at radius 3 is 2.65 bits per heavy atom. The molecular formula is C13H23NO2S. The molecular weight excluding hydrogens is 234 g/mol. The average Bonchev–Trinajstić information content (AvgIpc) is 2.28. The monoisotopic (exact) mass is 257 g/mol. The van der Waals surface area contributed by atoms with Gasteiger partial charge in [0.05, 0.1) is 0 Å². The van der Waals surface area contributed by atoms with Crippen LogP contribution < -0.4 is 0 Å². The van der Waals surface area contributed by atoms with Crippen LogP contribution >= 0.6 is 0 Å². The molecule has 98 valence electrons. The van der Waals surface area contributed by atoms with E-state index in [1.54, 1.807) is 0 Å². The van der Waals surface area contributed by atoms with Gasteiger partial charge in [-0.3, -0.25) is 9.00 Å². The lowest BCUT2D eigenvalue weighted by atomic mass is 9.71. The summed E-state index contributed by atoms with van der Waals surface area (Å²) in [7, 11) is -0.618. The Labute approximate surface area is 106 Å². The van der Waals surface area contributed by atoms with Crippen LogP contribution in [0.5, 0.6) is 0 Å². The second-order valence-electron chi connectivity index (χ2n) is 5.99. The van der Waals surface area contributed by atoms with Gasteiger partial charge in [0, 0.05) is 53.3 Å². The van der Waals surface area contributed by atoms with Crippen LogP contribution in [0, 0.1) is 11.3 Å². The molecule has 0 aromatic carbocycles. The van der Waals surface area contributed by atoms with Crippen LogP contribution in [0.25, 0.3) is 0 Å². The topological polar surface area (TPSA) is 37.4 Å². The maximum Gasteiger partial charge on any atom is 0.142 e. The van der Waals surface area contributed by atoms with Crippen molar-refractivity contribution in [1.82, 2.24) is 4.90 Å². The van der Waals surface area contributed by atoms with Gasteiger partial charge in [-0.1, -0.05) is 20.3 Å². The Morgan fingerprint density at radius 1 is 1.35 bits per heavy atom. The molecule has 2 aliphatic rings. The van der Waals surface area contributed by atoms with Crippen LogP contribution in [0.15, 0.2) is 0 Å². The fourth-order valence-corrected chi connectivity index (χ4v) is 4.07. The van der Waals surface area contributed by atoms with Crippen LogP contribution in [-0.4, -0.2) is 46.0 Å². The van der Waals surface area contributed by atoms with Gasteiger partial charge in [0.1, 0.15) is 5.78 Å². The van der Waals surface area contributed by atoms with Crippen LogP contribution in [0.4, 0.5) is 0 Å². The van der Waals surface area contributed by atoms with Crippen LogP contribution in [-0.2, 0) is 15.6 Å². The number of Topliss-reactive ketones (excluding diaryl/α,β-unsaturated/α-hetero) is 1. The van der Waals surface area contributed by atoms with Gasteiger partial charge in [-0.15, -0.1) is 0 Å². The molecule has 1 aliphatic carbocycles. The summed E-state index contributed by atoms with van der Waals surface area (Å²) in [5, 5.41) is 0. The van der Waals surface area contributed by atoms with Crippen molar-refractivity contribution < 1.29 is 9.00 Å². The molecule has 0 spiro atoms. The van der Waals surface area contributed by atoms with Crippen molar-refractivity contribution in [1.29, 1.82) is 0 Å². The maximum absolute atomic E-state index is 12.3. The van der Waals surface area contributed by atoms with E-state index in [0.717, 1.165) is 44.0 Å². The van der Waals surface area contributed by atoms with Crippen molar-refractivity contribution in [2.24, 2.45) is 11.3 Å². The summed E-state index contributed by atoms with van der Waals surface area (Å²) in [5.74, 6) is 2.22. The second kappa shape index (κ2) is 5.19. The van der Waals surface area contributed by atoms with Crippen molar-refractivity contribution in [3.63, 3.8) is 0 Å². The van der Waals surface area contributed by atoms with Crippen molar-refractivity contribution in [2.75, 3.05) is 31.1 Å². The van der Waals surface area contributed by atoms with Crippen LogP contribution in [0.1, 0.15) is 33.1 Å². The van der Waals surface area contributed by atoms with E-state index < -0.39 is 10.8 Å². The Balaban J connectivity index is 1.90. The number of ketones is 1. The normalized spacial score (nSPS) is 31.6. The zero-order valence-corrected chi connectivity index (χ0v) is 11.7. The molecule has 0 aromatic heterocycles. The molecule has 17 heavy (non-hydrogen) atoms. The summed E-state index contributed by atoms with van der Waals surface area (Å²) in [4.78, 5) is 14.6. The Morgan fingerprint density at radius 2 is 2.00 bits per heavy atom. The van der Waals surface area contributed by atoms with E-state index in [1.807, 2.05) is 0 Å². The Kier molecular flexibility index (Phi) is 4.03. The molecule has 2 rings (SSSR count). The number of hydrogen-bond acceptors (Lipinski definition) is 3. The van der Waals surface area contributed by atoms with Crippen LogP contribution in [0.3, 0.4) is 0 Å². The molecule has 1 aliphatic heterocycles. The molecule has 0 N–H and O–H groups in total. The molecule has 1 atom stereocenters. The Bertz CT molecular complexity index is 317. The lowest BCUT2D eigenvalue weighted by Gasteiger charge is -2.37. The standard InChI is InChI=1S/C13H23NO2S/c1-13(2)5-3-4-11(12(13)15)10-14-6-8-17(16)9-7-14/h11H,3-10H2,1-2H3. The van der Waals surface area contributed by atoms with Gasteiger partial charge in [0.25, 0.3) is 0 Å². The molecule has 1 unspecified atom stereocenters. The molecule has 0 aromatic rings. The van der Waals surface area contributed by atoms with Gasteiger partial charge in [0.15, 0.2) is 0 Å². The summed E-state index contributed by atoms with van der Waals surface area (Å²) in [5.41, 5.74) is -0.123. The first-order valence-electron chi connectivity index (χ1n) is 6.61. The number of hydrogen-bond donors (Lipinski definition) is 0. The van der Waals surface area contributed by atoms with E-state index in [9.17, 15) is 9.00 Å². The van der Waals surface area contributed by atoms with Crippen molar-refractivity contribution in [3.05, 3.63) is 0 Å². The fraction of sp³-hybridized carbons (Fsp3) is 0.923. The van der Waals surface area contributed by atoms with E-state index in [4.69, 9.17) is 0 Å². The molecule has 3 nitrogen and oxygen atoms in total. The van der Waals surface area contributed by atoms with Gasteiger partial charge in [-0.25, -0.2) is 0 Å². The lowest BCUT2D eigenvalue weighted by Crippen LogP contribution is -2.45. The SMILES string of the molecule is CC1(C)CCCC(CN2CCS(=O)CC2)C1=O. The van der Waals surface area contributed by atoms with E-state index in [-0.39, 0.29) is 11.3 Å². The quantitative estimate of drug-likeness (QED) is 0.751. The van der Waals surface area contributed by atoms with Gasteiger partial charge >= 0.3 is 0 Å². The van der Waals surface area contributed by atoms with E-state index >= 15 is 0 Å². The Hall–Kier alpha value is -0.220. The highest BCUT2D eigenvalue weighted by Crippen LogP contribution is 2.35. The van der Waals surface area contributed by atoms with Crippen molar-refractivity contribution >= 4 is 16.6 Å². The minimum atomic E-state index is -0.618. The highest BCUT2D eigenvalue weighted by molar-refractivity contribution is 7.85. The number of nitrogens with zero attached hydrogens (tertiary/aromatic N) is 1. The molecule has 0 radical (unpaired) electrons. The highest BCUT2D eigenvalue weighted by Gasteiger charge is 2.37. The minimum absolute atomic E-state index is 0.123. The van der Waals surface area contributed by atoms with Crippen LogP contribution in [0.2, 0.25) is 0 Å². The number of carbonyl (C=O) groups is 1. The van der Waals surface area contributed by atoms with Crippen molar-refractivity contribution in [2.45, 2.75) is 33.1 Å². The zero-order valence-electron chi connectivity index (χ0n) is 10.9. The van der Waals surface area contributed by atoms with E-state index in [2.05, 4.69) is 18.7 Å². The average molecular weight is 257 g/mol. The summed E-state index contributed by atoms with van der Waals surface area (Å²) < 4.78 is 11.3. The third-order valence-corrected chi connectivity index (χ3v) is 5.42. The van der Waals surface area contributed by atoms with E-state index in [1.165, 1.54) is 6.42 Å². The summed E-state index contributed by atoms with van der Waals surface area (Å²) in [6.07, 6.45) is 3.25. The molecule has 1 saturated carbocycles. The third-order valence-electron chi connectivity index (χ3n) is 4.14. The minimum Gasteiger partial charge on any atom is -0.301 e. The molecule has 4 heteroatoms. The smallest absolute Gasteiger partial charge is 0.142 e.